The second kappa shape index (κ2) is 8.92. The molecule has 2 saturated heterocycles. The molecule has 18 heavy (non-hydrogen) atoms. The summed E-state index contributed by atoms with van der Waals surface area (Å²) in [6.07, 6.45) is 7.12. The van der Waals surface area contributed by atoms with Crippen LogP contribution in [-0.4, -0.2) is 48.6 Å². The summed E-state index contributed by atoms with van der Waals surface area (Å²) < 4.78 is 0. The number of hydrogen-bond donors (Lipinski definition) is 0. The molecule has 2 heterocycles. The van der Waals surface area contributed by atoms with E-state index >= 15 is 0 Å². The second-order valence-electron chi connectivity index (χ2n) is 5.60. The predicted molar refractivity (Wildman–Crippen MR) is 81.1 cm³/mol. The number of piperidine rings is 1. The highest BCUT2D eigenvalue weighted by Crippen LogP contribution is 2.25. The van der Waals surface area contributed by atoms with E-state index in [1.165, 1.54) is 64.8 Å². The Kier molecular flexibility index (Phi) is 7.92. The molecule has 0 aromatic heterocycles. The van der Waals surface area contributed by atoms with Gasteiger partial charge in [0.15, 0.2) is 0 Å². The molecule has 2 aliphatic rings. The van der Waals surface area contributed by atoms with Crippen LogP contribution in [0.25, 0.3) is 0 Å². The Bertz CT molecular complexity index is 199. The molecule has 2 nitrogen and oxygen atoms in total. The van der Waals surface area contributed by atoms with E-state index in [0.717, 1.165) is 12.0 Å². The molecule has 2 atom stereocenters. The standard InChI is InChI=1S/C14H28N2.C2H6/c1-3-13-7-8-14(16(4-2)11-13)12-15-9-5-6-10-15;1-2/h13-14H,3-12H2,1-2H3;1-2H3. The lowest BCUT2D eigenvalue weighted by Crippen LogP contribution is -2.48. The van der Waals surface area contributed by atoms with Crippen molar-refractivity contribution >= 4 is 0 Å². The van der Waals surface area contributed by atoms with Crippen molar-refractivity contribution < 1.29 is 0 Å². The van der Waals surface area contributed by atoms with Crippen LogP contribution in [0.4, 0.5) is 0 Å². The number of likely N-dealkylation sites (tertiary alicyclic amines) is 2. The van der Waals surface area contributed by atoms with Gasteiger partial charge in [-0.1, -0.05) is 34.1 Å². The van der Waals surface area contributed by atoms with E-state index in [9.17, 15) is 0 Å². The average molecular weight is 254 g/mol. The van der Waals surface area contributed by atoms with Gasteiger partial charge in [-0.05, 0) is 51.2 Å². The largest absolute Gasteiger partial charge is 0.302 e. The molecule has 0 saturated carbocycles. The maximum atomic E-state index is 2.73. The summed E-state index contributed by atoms with van der Waals surface area (Å²) in [5.41, 5.74) is 0. The highest BCUT2D eigenvalue weighted by Gasteiger charge is 2.28. The summed E-state index contributed by atoms with van der Waals surface area (Å²) in [6.45, 7) is 15.3. The Morgan fingerprint density at radius 1 is 1.00 bits per heavy atom. The third-order valence-electron chi connectivity index (χ3n) is 4.57. The van der Waals surface area contributed by atoms with Gasteiger partial charge >= 0.3 is 0 Å². The first-order valence-electron chi connectivity index (χ1n) is 8.29. The minimum atomic E-state index is 0.853. The zero-order chi connectivity index (χ0) is 13.4. The normalized spacial score (nSPS) is 30.0. The fraction of sp³-hybridized carbons (Fsp3) is 1.00. The van der Waals surface area contributed by atoms with Crippen LogP contribution in [0.15, 0.2) is 0 Å². The van der Waals surface area contributed by atoms with Crippen molar-refractivity contribution in [3.63, 3.8) is 0 Å². The van der Waals surface area contributed by atoms with Gasteiger partial charge in [-0.3, -0.25) is 4.90 Å². The van der Waals surface area contributed by atoms with Crippen LogP contribution in [0.5, 0.6) is 0 Å². The zero-order valence-corrected chi connectivity index (χ0v) is 13.1. The summed E-state index contributed by atoms with van der Waals surface area (Å²) in [5, 5.41) is 0. The molecular weight excluding hydrogens is 220 g/mol. The highest BCUT2D eigenvalue weighted by molar-refractivity contribution is 4.84. The van der Waals surface area contributed by atoms with Crippen molar-refractivity contribution in [2.75, 3.05) is 32.7 Å². The Labute approximate surface area is 115 Å². The third-order valence-corrected chi connectivity index (χ3v) is 4.57. The van der Waals surface area contributed by atoms with E-state index in [-0.39, 0.29) is 0 Å². The number of hydrogen-bond acceptors (Lipinski definition) is 2. The van der Waals surface area contributed by atoms with Crippen LogP contribution in [0, 0.1) is 5.92 Å². The van der Waals surface area contributed by atoms with Crippen molar-refractivity contribution in [2.45, 2.75) is 65.8 Å². The number of nitrogens with zero attached hydrogens (tertiary/aromatic N) is 2. The minimum Gasteiger partial charge on any atom is -0.302 e. The summed E-state index contributed by atoms with van der Waals surface area (Å²) in [4.78, 5) is 5.41. The number of rotatable bonds is 4. The lowest BCUT2D eigenvalue weighted by atomic mass is 9.90. The average Bonchev–Trinajstić information content (AvgIpc) is 2.94. The van der Waals surface area contributed by atoms with Crippen molar-refractivity contribution in [3.05, 3.63) is 0 Å². The van der Waals surface area contributed by atoms with E-state index in [0.29, 0.717) is 0 Å². The Morgan fingerprint density at radius 2 is 1.67 bits per heavy atom. The van der Waals surface area contributed by atoms with E-state index in [1.54, 1.807) is 0 Å². The maximum absolute atomic E-state index is 2.73. The monoisotopic (exact) mass is 254 g/mol. The molecule has 0 radical (unpaired) electrons. The van der Waals surface area contributed by atoms with Gasteiger partial charge in [0.25, 0.3) is 0 Å². The summed E-state index contributed by atoms with van der Waals surface area (Å²) in [6, 6.07) is 0.853. The lowest BCUT2D eigenvalue weighted by molar-refractivity contribution is 0.0856. The van der Waals surface area contributed by atoms with Gasteiger partial charge in [-0.15, -0.1) is 0 Å². The van der Waals surface area contributed by atoms with Crippen molar-refractivity contribution in [1.82, 2.24) is 9.80 Å². The second-order valence-corrected chi connectivity index (χ2v) is 5.60. The molecule has 2 aliphatic heterocycles. The summed E-state index contributed by atoms with van der Waals surface area (Å²) >= 11 is 0. The van der Waals surface area contributed by atoms with E-state index in [2.05, 4.69) is 23.6 Å². The van der Waals surface area contributed by atoms with Crippen LogP contribution in [0.3, 0.4) is 0 Å². The molecule has 2 rings (SSSR count). The van der Waals surface area contributed by atoms with Crippen LogP contribution in [-0.2, 0) is 0 Å². The molecule has 2 unspecified atom stereocenters. The third kappa shape index (κ3) is 4.55. The fourth-order valence-corrected chi connectivity index (χ4v) is 3.37. The molecule has 0 aromatic rings. The SMILES string of the molecule is CC.CCC1CCC(CN2CCCC2)N(CC)C1. The minimum absolute atomic E-state index is 0.853. The summed E-state index contributed by atoms with van der Waals surface area (Å²) in [5.74, 6) is 0.967. The van der Waals surface area contributed by atoms with E-state index in [4.69, 9.17) is 0 Å². The van der Waals surface area contributed by atoms with Gasteiger partial charge in [0.1, 0.15) is 0 Å². The lowest BCUT2D eigenvalue weighted by Gasteiger charge is -2.40. The molecule has 108 valence electrons. The molecular formula is C16H34N2. The molecule has 2 heteroatoms. The molecule has 0 aromatic carbocycles. The van der Waals surface area contributed by atoms with Crippen LogP contribution >= 0.6 is 0 Å². The molecule has 0 amide bonds. The van der Waals surface area contributed by atoms with Gasteiger partial charge in [0, 0.05) is 19.1 Å². The zero-order valence-electron chi connectivity index (χ0n) is 13.1. The maximum Gasteiger partial charge on any atom is 0.0223 e. The quantitative estimate of drug-likeness (QED) is 0.756. The topological polar surface area (TPSA) is 6.48 Å². The molecule has 0 N–H and O–H groups in total. The van der Waals surface area contributed by atoms with Crippen molar-refractivity contribution in [1.29, 1.82) is 0 Å². The smallest absolute Gasteiger partial charge is 0.0223 e. The van der Waals surface area contributed by atoms with Crippen LogP contribution in [0.2, 0.25) is 0 Å². The summed E-state index contributed by atoms with van der Waals surface area (Å²) in [7, 11) is 0. The van der Waals surface area contributed by atoms with E-state index < -0.39 is 0 Å². The first-order valence-corrected chi connectivity index (χ1v) is 8.29. The Morgan fingerprint density at radius 3 is 2.22 bits per heavy atom. The molecule has 2 fully saturated rings. The fourth-order valence-electron chi connectivity index (χ4n) is 3.37. The molecule has 0 aliphatic carbocycles. The van der Waals surface area contributed by atoms with Gasteiger partial charge in [0.2, 0.25) is 0 Å². The van der Waals surface area contributed by atoms with Gasteiger partial charge in [-0.2, -0.15) is 0 Å². The highest BCUT2D eigenvalue weighted by atomic mass is 15.2. The van der Waals surface area contributed by atoms with Crippen molar-refractivity contribution in [2.24, 2.45) is 5.92 Å². The predicted octanol–water partition coefficient (Wildman–Crippen LogP) is 3.62. The molecule has 0 spiro atoms. The molecule has 0 bridgehead atoms. The Balaban J connectivity index is 0.000000771. The first kappa shape index (κ1) is 16.0. The van der Waals surface area contributed by atoms with Crippen LogP contribution < -0.4 is 0 Å². The van der Waals surface area contributed by atoms with Gasteiger partial charge in [-0.25, -0.2) is 0 Å². The number of likely N-dealkylation sites (N-methyl/N-ethyl adjacent to an activating group) is 1. The van der Waals surface area contributed by atoms with Crippen molar-refractivity contribution in [3.8, 4) is 0 Å². The Hall–Kier alpha value is -0.0800. The van der Waals surface area contributed by atoms with Crippen LogP contribution in [0.1, 0.15) is 59.8 Å². The van der Waals surface area contributed by atoms with Gasteiger partial charge < -0.3 is 4.90 Å². The van der Waals surface area contributed by atoms with Gasteiger partial charge in [0.05, 0.1) is 0 Å². The first-order chi connectivity index (χ1) is 8.83. The van der Waals surface area contributed by atoms with E-state index in [1.807, 2.05) is 13.8 Å².